The second kappa shape index (κ2) is 8.69. The molecule has 2 aromatic rings. The van der Waals surface area contributed by atoms with Crippen molar-refractivity contribution in [3.8, 4) is 11.5 Å². The van der Waals surface area contributed by atoms with Gasteiger partial charge in [-0.3, -0.25) is 4.99 Å². The van der Waals surface area contributed by atoms with Crippen molar-refractivity contribution in [2.75, 3.05) is 0 Å². The van der Waals surface area contributed by atoms with Crippen molar-refractivity contribution in [3.05, 3.63) is 53.6 Å². The summed E-state index contributed by atoms with van der Waals surface area (Å²) in [6.45, 7) is 6.33. The van der Waals surface area contributed by atoms with E-state index < -0.39 is 11.9 Å². The highest BCUT2D eigenvalue weighted by atomic mass is 16.6. The molecule has 3 N–H and O–H groups in total. The molecular weight excluding hydrogens is 316 g/mol. The van der Waals surface area contributed by atoms with Gasteiger partial charge in [0.05, 0.1) is 5.69 Å². The first-order valence-corrected chi connectivity index (χ1v) is 6.39. The van der Waals surface area contributed by atoms with Crippen molar-refractivity contribution < 1.29 is 29.7 Å². The predicted molar refractivity (Wildman–Crippen MR) is 87.9 cm³/mol. The van der Waals surface area contributed by atoms with Crippen LogP contribution in [0.5, 0.6) is 11.5 Å². The van der Waals surface area contributed by atoms with E-state index in [-0.39, 0.29) is 22.6 Å². The molecule has 0 bridgehead atoms. The lowest BCUT2D eigenvalue weighted by Gasteiger charge is -2.00. The van der Waals surface area contributed by atoms with Gasteiger partial charge in [-0.1, -0.05) is 17.3 Å². The predicted octanol–water partition coefficient (Wildman–Crippen LogP) is 2.80. The Morgan fingerprint density at radius 2 is 1.58 bits per heavy atom. The summed E-state index contributed by atoms with van der Waals surface area (Å²) in [6, 6.07) is 10.2. The van der Waals surface area contributed by atoms with E-state index in [1.807, 2.05) is 0 Å². The second-order valence-electron chi connectivity index (χ2n) is 4.19. The maximum absolute atomic E-state index is 10.6. The first-order valence-electron chi connectivity index (χ1n) is 6.39. The van der Waals surface area contributed by atoms with Crippen molar-refractivity contribution in [2.45, 2.75) is 0 Å². The second-order valence-corrected chi connectivity index (χ2v) is 4.19. The van der Waals surface area contributed by atoms with E-state index in [1.165, 1.54) is 30.3 Å². The summed E-state index contributed by atoms with van der Waals surface area (Å²) < 4.78 is 0. The Bertz CT molecular complexity index is 773. The monoisotopic (exact) mass is 330 g/mol. The van der Waals surface area contributed by atoms with Crippen LogP contribution in [0.25, 0.3) is 0 Å². The summed E-state index contributed by atoms with van der Waals surface area (Å²) in [4.78, 5) is 29.1. The Kier molecular flexibility index (Phi) is 6.65. The normalized spacial score (nSPS) is 9.17. The summed E-state index contributed by atoms with van der Waals surface area (Å²) in [5, 5.41) is 29.4. The number of carbonyl (C=O) groups is 2. The highest BCUT2D eigenvalue weighted by Gasteiger charge is 2.09. The maximum Gasteiger partial charge on any atom is 0.339 e. The fourth-order valence-electron chi connectivity index (χ4n) is 1.59. The van der Waals surface area contributed by atoms with Gasteiger partial charge in [-0.05, 0) is 31.0 Å². The average Bonchev–Trinajstić information content (AvgIpc) is 2.55. The maximum atomic E-state index is 10.6. The van der Waals surface area contributed by atoms with Gasteiger partial charge in [0, 0.05) is 12.8 Å². The van der Waals surface area contributed by atoms with Crippen LogP contribution in [-0.2, 0) is 0 Å². The van der Waals surface area contributed by atoms with Crippen molar-refractivity contribution >= 4 is 31.1 Å². The Morgan fingerprint density at radius 1 is 0.958 bits per heavy atom. The number of para-hydroxylation sites is 1. The minimum Gasteiger partial charge on any atom is -0.507 e. The largest absolute Gasteiger partial charge is 0.507 e. The number of carboxylic acids is 2. The molecule has 0 radical (unpaired) electrons. The lowest BCUT2D eigenvalue weighted by Crippen LogP contribution is -1.98. The standard InChI is InChI=1S/2C8H7NO3/c1-9-5-2-3-6(8(11)12)7(10)4-5;1-9-12-7-5-3-2-4-6(7)8(10)11/h2-4,10H,1H2,(H,11,12);2-5H,1H2,(H,10,11). The minimum atomic E-state index is -1.16. The molecule has 2 aromatic carbocycles. The number of aromatic carboxylic acids is 2. The van der Waals surface area contributed by atoms with Crippen LogP contribution in [0.2, 0.25) is 0 Å². The highest BCUT2D eigenvalue weighted by molar-refractivity contribution is 5.91. The molecule has 0 saturated carbocycles. The van der Waals surface area contributed by atoms with Crippen LogP contribution in [0.4, 0.5) is 5.69 Å². The summed E-state index contributed by atoms with van der Waals surface area (Å²) in [7, 11) is 0. The lowest BCUT2D eigenvalue weighted by molar-refractivity contribution is 0.0681. The third kappa shape index (κ3) is 4.95. The molecule has 0 fully saturated rings. The molecule has 0 atom stereocenters. The molecule has 0 aromatic heterocycles. The number of hydrogen-bond acceptors (Lipinski definition) is 6. The molecule has 0 heterocycles. The summed E-state index contributed by atoms with van der Waals surface area (Å²) in [6.07, 6.45) is 0. The molecule has 0 amide bonds. The van der Waals surface area contributed by atoms with Crippen LogP contribution in [0.3, 0.4) is 0 Å². The highest BCUT2D eigenvalue weighted by Crippen LogP contribution is 2.23. The Hall–Kier alpha value is -3.68. The van der Waals surface area contributed by atoms with Crippen LogP contribution in [0.15, 0.2) is 52.6 Å². The van der Waals surface area contributed by atoms with Gasteiger partial charge >= 0.3 is 11.9 Å². The average molecular weight is 330 g/mol. The molecule has 8 nitrogen and oxygen atoms in total. The third-order valence-corrected chi connectivity index (χ3v) is 2.67. The van der Waals surface area contributed by atoms with Crippen molar-refractivity contribution in [3.63, 3.8) is 0 Å². The van der Waals surface area contributed by atoms with E-state index in [4.69, 9.17) is 15.3 Å². The van der Waals surface area contributed by atoms with Crippen molar-refractivity contribution in [1.29, 1.82) is 0 Å². The molecule has 0 saturated heterocycles. The zero-order chi connectivity index (χ0) is 18.1. The molecular formula is C16H14N2O6. The van der Waals surface area contributed by atoms with Gasteiger partial charge < -0.3 is 20.2 Å². The summed E-state index contributed by atoms with van der Waals surface area (Å²) in [5.41, 5.74) is 0.379. The van der Waals surface area contributed by atoms with Gasteiger partial charge in [-0.15, -0.1) is 0 Å². The Labute approximate surface area is 137 Å². The van der Waals surface area contributed by atoms with Crippen LogP contribution < -0.4 is 4.84 Å². The molecule has 0 aliphatic heterocycles. The number of aliphatic imine (C=N–C) groups is 1. The van der Waals surface area contributed by atoms with Gasteiger partial charge in [0.15, 0.2) is 5.75 Å². The number of nitrogens with zero attached hydrogens (tertiary/aromatic N) is 2. The minimum absolute atomic E-state index is 0.0740. The van der Waals surface area contributed by atoms with Crippen LogP contribution in [-0.4, -0.2) is 40.7 Å². The van der Waals surface area contributed by atoms with Gasteiger partial charge in [-0.25, -0.2) is 9.59 Å². The zero-order valence-electron chi connectivity index (χ0n) is 12.4. The number of phenols is 1. The van der Waals surface area contributed by atoms with Crippen molar-refractivity contribution in [2.24, 2.45) is 10.1 Å². The number of benzene rings is 2. The van der Waals surface area contributed by atoms with Crippen LogP contribution >= 0.6 is 0 Å². The first-order chi connectivity index (χ1) is 11.4. The number of aromatic hydroxyl groups is 1. The van der Waals surface area contributed by atoms with Crippen molar-refractivity contribution in [1.82, 2.24) is 0 Å². The fourth-order valence-corrected chi connectivity index (χ4v) is 1.59. The number of carboxylic acid groups (broad SMARTS) is 2. The number of oxime groups is 1. The van der Waals surface area contributed by atoms with Crippen LogP contribution in [0.1, 0.15) is 20.7 Å². The van der Waals surface area contributed by atoms with E-state index in [9.17, 15) is 9.59 Å². The quantitative estimate of drug-likeness (QED) is 0.571. The molecule has 2 rings (SSSR count). The molecule has 8 heteroatoms. The fraction of sp³-hybridized carbons (Fsp3) is 0. The smallest absolute Gasteiger partial charge is 0.339 e. The Balaban J connectivity index is 0.000000240. The summed E-state index contributed by atoms with van der Waals surface area (Å²) in [5.74, 6) is -2.32. The Morgan fingerprint density at radius 3 is 2.08 bits per heavy atom. The zero-order valence-corrected chi connectivity index (χ0v) is 12.4. The van der Waals surface area contributed by atoms with E-state index in [2.05, 4.69) is 28.4 Å². The topological polar surface area (TPSA) is 129 Å². The molecule has 0 aliphatic carbocycles. The molecule has 0 spiro atoms. The van der Waals surface area contributed by atoms with Gasteiger partial charge in [0.1, 0.15) is 16.9 Å². The molecule has 0 unspecified atom stereocenters. The van der Waals surface area contributed by atoms with E-state index in [0.717, 1.165) is 0 Å². The number of rotatable bonds is 5. The lowest BCUT2D eigenvalue weighted by atomic mass is 10.2. The van der Waals surface area contributed by atoms with Gasteiger partial charge in [0.25, 0.3) is 0 Å². The molecule has 24 heavy (non-hydrogen) atoms. The van der Waals surface area contributed by atoms with Gasteiger partial charge in [0.2, 0.25) is 0 Å². The SMILES string of the molecule is C=NOc1ccccc1C(=O)O.C=Nc1ccc(C(=O)O)c(O)c1. The molecule has 124 valence electrons. The van der Waals surface area contributed by atoms with Gasteiger partial charge in [-0.2, -0.15) is 0 Å². The number of hydrogen-bond donors (Lipinski definition) is 3. The van der Waals surface area contributed by atoms with E-state index in [1.54, 1.807) is 12.1 Å². The van der Waals surface area contributed by atoms with Crippen LogP contribution in [0, 0.1) is 0 Å². The van der Waals surface area contributed by atoms with E-state index in [0.29, 0.717) is 5.69 Å². The summed E-state index contributed by atoms with van der Waals surface area (Å²) >= 11 is 0. The molecule has 0 aliphatic rings. The third-order valence-electron chi connectivity index (χ3n) is 2.67. The first kappa shape index (κ1) is 18.4. The van der Waals surface area contributed by atoms with E-state index >= 15 is 0 Å².